The maximum atomic E-state index is 12.4. The first kappa shape index (κ1) is 18.6. The lowest BCUT2D eigenvalue weighted by atomic mass is 9.96. The van der Waals surface area contributed by atoms with Crippen LogP contribution < -0.4 is 10.6 Å². The lowest BCUT2D eigenvalue weighted by Crippen LogP contribution is -2.38. The zero-order valence-electron chi connectivity index (χ0n) is 15.0. The number of nitrogens with one attached hydrogen (secondary N) is 2. The minimum absolute atomic E-state index is 0.249. The van der Waals surface area contributed by atoms with E-state index in [9.17, 15) is 4.79 Å². The Balaban J connectivity index is 1.77. The Bertz CT molecular complexity index is 621. The zero-order chi connectivity index (χ0) is 17.6. The molecule has 1 fully saturated rings. The van der Waals surface area contributed by atoms with Gasteiger partial charge in [0.05, 0.1) is 12.7 Å². The first-order chi connectivity index (χ1) is 12.2. The monoisotopic (exact) mass is 380 g/mol. The number of anilines is 1. The number of ether oxygens (including phenoxy) is 1. The summed E-state index contributed by atoms with van der Waals surface area (Å²) in [6.45, 7) is 0. The van der Waals surface area contributed by atoms with E-state index in [1.807, 2.05) is 0 Å². The molecule has 1 saturated carbocycles. The first-order valence-corrected chi connectivity index (χ1v) is 10.7. The SMILES string of the molecule is COC(=O)c1c(NC(=S)NC2CCCCC2)sc2c1CCCCCC2. The van der Waals surface area contributed by atoms with Crippen molar-refractivity contribution in [2.24, 2.45) is 0 Å². The van der Waals surface area contributed by atoms with Crippen molar-refractivity contribution in [3.05, 3.63) is 16.0 Å². The molecule has 2 aliphatic rings. The molecule has 0 unspecified atom stereocenters. The molecule has 2 aliphatic carbocycles. The lowest BCUT2D eigenvalue weighted by Gasteiger charge is -2.24. The number of esters is 1. The van der Waals surface area contributed by atoms with Crippen LogP contribution in [0.1, 0.15) is 78.6 Å². The molecule has 0 aliphatic heterocycles. The number of carbonyl (C=O) groups is 1. The number of carbonyl (C=O) groups excluding carboxylic acids is 1. The quantitative estimate of drug-likeness (QED) is 0.582. The minimum Gasteiger partial charge on any atom is -0.465 e. The maximum absolute atomic E-state index is 12.4. The van der Waals surface area contributed by atoms with E-state index in [0.717, 1.165) is 24.3 Å². The number of rotatable bonds is 3. The van der Waals surface area contributed by atoms with Gasteiger partial charge in [-0.2, -0.15) is 0 Å². The molecule has 0 atom stereocenters. The van der Waals surface area contributed by atoms with E-state index >= 15 is 0 Å². The van der Waals surface area contributed by atoms with Gasteiger partial charge in [0.15, 0.2) is 5.11 Å². The van der Waals surface area contributed by atoms with E-state index in [2.05, 4.69) is 10.6 Å². The molecule has 25 heavy (non-hydrogen) atoms. The van der Waals surface area contributed by atoms with Crippen molar-refractivity contribution in [3.63, 3.8) is 0 Å². The van der Waals surface area contributed by atoms with Crippen molar-refractivity contribution in [1.82, 2.24) is 5.32 Å². The highest BCUT2D eigenvalue weighted by Gasteiger charge is 2.25. The highest BCUT2D eigenvalue weighted by Crippen LogP contribution is 2.37. The predicted molar refractivity (Wildman–Crippen MR) is 108 cm³/mol. The average molecular weight is 381 g/mol. The van der Waals surface area contributed by atoms with E-state index in [1.54, 1.807) is 11.3 Å². The van der Waals surface area contributed by atoms with Crippen LogP contribution in [0, 0.1) is 0 Å². The molecule has 0 bridgehead atoms. The van der Waals surface area contributed by atoms with Crippen LogP contribution in [0.3, 0.4) is 0 Å². The van der Waals surface area contributed by atoms with Gasteiger partial charge in [-0.05, 0) is 56.3 Å². The largest absolute Gasteiger partial charge is 0.465 e. The van der Waals surface area contributed by atoms with Crippen LogP contribution >= 0.6 is 23.6 Å². The first-order valence-electron chi connectivity index (χ1n) is 9.49. The number of hydrogen-bond acceptors (Lipinski definition) is 4. The van der Waals surface area contributed by atoms with Gasteiger partial charge in [-0.25, -0.2) is 4.79 Å². The molecule has 0 amide bonds. The van der Waals surface area contributed by atoms with Crippen LogP contribution in [0.5, 0.6) is 0 Å². The molecule has 0 saturated heterocycles. The smallest absolute Gasteiger partial charge is 0.341 e. The third-order valence-electron chi connectivity index (χ3n) is 5.23. The third-order valence-corrected chi connectivity index (χ3v) is 6.66. The number of thiophene rings is 1. The predicted octanol–water partition coefficient (Wildman–Crippen LogP) is 4.81. The second-order valence-electron chi connectivity index (χ2n) is 7.05. The Morgan fingerprint density at radius 3 is 2.48 bits per heavy atom. The summed E-state index contributed by atoms with van der Waals surface area (Å²) in [6, 6.07) is 0.455. The molecular formula is C19H28N2O2S2. The summed E-state index contributed by atoms with van der Waals surface area (Å²) in [4.78, 5) is 13.7. The van der Waals surface area contributed by atoms with Crippen LogP contribution in [0.4, 0.5) is 5.00 Å². The average Bonchev–Trinajstić information content (AvgIpc) is 2.91. The Kier molecular flexibility index (Phi) is 6.70. The van der Waals surface area contributed by atoms with Gasteiger partial charge in [0.25, 0.3) is 0 Å². The number of hydrogen-bond donors (Lipinski definition) is 2. The van der Waals surface area contributed by atoms with Gasteiger partial charge >= 0.3 is 5.97 Å². The molecule has 6 heteroatoms. The summed E-state index contributed by atoms with van der Waals surface area (Å²) in [6.07, 6.45) is 13.0. The molecule has 0 aromatic carbocycles. The van der Waals surface area contributed by atoms with Crippen LogP contribution in [-0.4, -0.2) is 24.2 Å². The molecule has 2 N–H and O–H groups in total. The molecule has 0 radical (unpaired) electrons. The summed E-state index contributed by atoms with van der Waals surface area (Å²) in [5.74, 6) is -0.249. The van der Waals surface area contributed by atoms with Gasteiger partial charge in [0, 0.05) is 10.9 Å². The van der Waals surface area contributed by atoms with Crippen LogP contribution in [0.15, 0.2) is 0 Å². The number of thiocarbonyl (C=S) groups is 1. The Hall–Kier alpha value is -1.14. The Labute approximate surface area is 159 Å². The second-order valence-corrected chi connectivity index (χ2v) is 8.56. The van der Waals surface area contributed by atoms with E-state index in [4.69, 9.17) is 17.0 Å². The van der Waals surface area contributed by atoms with E-state index < -0.39 is 0 Å². The van der Waals surface area contributed by atoms with Crippen molar-refractivity contribution < 1.29 is 9.53 Å². The third kappa shape index (κ3) is 4.73. The fraction of sp³-hybridized carbons (Fsp3) is 0.684. The summed E-state index contributed by atoms with van der Waals surface area (Å²) < 4.78 is 5.07. The summed E-state index contributed by atoms with van der Waals surface area (Å²) in [5, 5.41) is 8.23. The normalized spacial score (nSPS) is 18.6. The lowest BCUT2D eigenvalue weighted by molar-refractivity contribution is 0.0601. The topological polar surface area (TPSA) is 50.4 Å². The number of methoxy groups -OCH3 is 1. The van der Waals surface area contributed by atoms with Crippen LogP contribution in [-0.2, 0) is 17.6 Å². The summed E-state index contributed by atoms with van der Waals surface area (Å²) in [7, 11) is 1.46. The molecule has 1 aromatic heterocycles. The van der Waals surface area contributed by atoms with Gasteiger partial charge in [0.1, 0.15) is 5.00 Å². The number of aryl methyl sites for hydroxylation is 1. The summed E-state index contributed by atoms with van der Waals surface area (Å²) >= 11 is 7.20. The fourth-order valence-corrected chi connectivity index (χ4v) is 5.51. The molecular weight excluding hydrogens is 352 g/mol. The minimum atomic E-state index is -0.249. The molecule has 1 heterocycles. The fourth-order valence-electron chi connectivity index (χ4n) is 3.90. The van der Waals surface area contributed by atoms with E-state index in [0.29, 0.717) is 16.7 Å². The maximum Gasteiger partial charge on any atom is 0.341 e. The number of fused-ring (bicyclic) bond motifs is 1. The van der Waals surface area contributed by atoms with Crippen molar-refractivity contribution in [2.45, 2.75) is 76.7 Å². The molecule has 138 valence electrons. The highest BCUT2D eigenvalue weighted by molar-refractivity contribution is 7.80. The standard InChI is InChI=1S/C19H28N2O2S2/c1-23-18(22)16-14-11-7-2-3-8-12-15(14)25-17(16)21-19(24)20-13-9-5-4-6-10-13/h13H,2-12H2,1H3,(H2,20,21,24). The van der Waals surface area contributed by atoms with E-state index in [-0.39, 0.29) is 5.97 Å². The van der Waals surface area contributed by atoms with Gasteiger partial charge in [-0.1, -0.05) is 32.1 Å². The van der Waals surface area contributed by atoms with Crippen LogP contribution in [0.25, 0.3) is 0 Å². The Morgan fingerprint density at radius 2 is 1.76 bits per heavy atom. The van der Waals surface area contributed by atoms with Crippen molar-refractivity contribution in [1.29, 1.82) is 0 Å². The second kappa shape index (κ2) is 8.99. The molecule has 4 nitrogen and oxygen atoms in total. The zero-order valence-corrected chi connectivity index (χ0v) is 16.6. The van der Waals surface area contributed by atoms with Gasteiger partial charge < -0.3 is 15.4 Å². The summed E-state index contributed by atoms with van der Waals surface area (Å²) in [5.41, 5.74) is 1.89. The highest BCUT2D eigenvalue weighted by atomic mass is 32.1. The van der Waals surface area contributed by atoms with Crippen molar-refractivity contribution in [3.8, 4) is 0 Å². The van der Waals surface area contributed by atoms with E-state index in [1.165, 1.54) is 68.9 Å². The molecule has 0 spiro atoms. The Morgan fingerprint density at radius 1 is 1.08 bits per heavy atom. The van der Waals surface area contributed by atoms with Gasteiger partial charge in [-0.15, -0.1) is 11.3 Å². The van der Waals surface area contributed by atoms with Crippen molar-refractivity contribution >= 4 is 39.6 Å². The molecule has 3 rings (SSSR count). The van der Waals surface area contributed by atoms with Gasteiger partial charge in [-0.3, -0.25) is 0 Å². The van der Waals surface area contributed by atoms with Crippen LogP contribution in [0.2, 0.25) is 0 Å². The van der Waals surface area contributed by atoms with Gasteiger partial charge in [0.2, 0.25) is 0 Å². The molecule has 1 aromatic rings. The van der Waals surface area contributed by atoms with Crippen molar-refractivity contribution in [2.75, 3.05) is 12.4 Å².